The summed E-state index contributed by atoms with van der Waals surface area (Å²) >= 11 is 0. The summed E-state index contributed by atoms with van der Waals surface area (Å²) in [6.07, 6.45) is 4.65. The molecule has 0 radical (unpaired) electrons. The predicted molar refractivity (Wildman–Crippen MR) is 61.8 cm³/mol. The van der Waals surface area contributed by atoms with Crippen LogP contribution in [0.15, 0.2) is 12.1 Å². The van der Waals surface area contributed by atoms with E-state index in [0.29, 0.717) is 12.1 Å². The maximum absolute atomic E-state index is 13.9. The predicted octanol–water partition coefficient (Wildman–Crippen LogP) is 2.83. The molecule has 1 aromatic carbocycles. The maximum atomic E-state index is 13.9. The van der Waals surface area contributed by atoms with E-state index in [2.05, 4.69) is 0 Å². The standard InChI is InChI=1S/C13H17F2NO/c14-11-9(4-5-10(17)12(11)15)13(8-16)6-2-1-3-7-13/h4-5,17H,1-3,6-8,16H2. The summed E-state index contributed by atoms with van der Waals surface area (Å²) in [6.45, 7) is 0.314. The minimum atomic E-state index is -1.17. The number of hydrogen-bond donors (Lipinski definition) is 2. The van der Waals surface area contributed by atoms with Crippen LogP contribution in [0.2, 0.25) is 0 Å². The fourth-order valence-electron chi connectivity index (χ4n) is 2.76. The summed E-state index contributed by atoms with van der Waals surface area (Å²) in [4.78, 5) is 0. The van der Waals surface area contributed by atoms with Crippen molar-refractivity contribution < 1.29 is 13.9 Å². The smallest absolute Gasteiger partial charge is 0.200 e. The van der Waals surface area contributed by atoms with Gasteiger partial charge in [0.1, 0.15) is 0 Å². The van der Waals surface area contributed by atoms with Gasteiger partial charge in [-0.05, 0) is 24.5 Å². The molecule has 3 N–H and O–H groups in total. The molecule has 0 aromatic heterocycles. The summed E-state index contributed by atoms with van der Waals surface area (Å²) in [6, 6.07) is 2.67. The van der Waals surface area contributed by atoms with Crippen molar-refractivity contribution in [1.29, 1.82) is 0 Å². The lowest BCUT2D eigenvalue weighted by atomic mass is 9.69. The van der Waals surface area contributed by atoms with Crippen LogP contribution in [0.5, 0.6) is 5.75 Å². The SMILES string of the molecule is NCC1(c2ccc(O)c(F)c2F)CCCCC1. The first-order valence-corrected chi connectivity index (χ1v) is 5.98. The highest BCUT2D eigenvalue weighted by atomic mass is 19.2. The monoisotopic (exact) mass is 241 g/mol. The van der Waals surface area contributed by atoms with Crippen molar-refractivity contribution in [2.24, 2.45) is 5.73 Å². The van der Waals surface area contributed by atoms with Crippen LogP contribution in [-0.2, 0) is 5.41 Å². The third-order valence-electron chi connectivity index (χ3n) is 3.83. The lowest BCUT2D eigenvalue weighted by Gasteiger charge is -2.37. The average molecular weight is 241 g/mol. The van der Waals surface area contributed by atoms with Crippen molar-refractivity contribution in [3.63, 3.8) is 0 Å². The zero-order valence-electron chi connectivity index (χ0n) is 9.68. The van der Waals surface area contributed by atoms with Crippen LogP contribution in [0.25, 0.3) is 0 Å². The molecule has 1 aromatic rings. The average Bonchev–Trinajstić information content (AvgIpc) is 2.37. The summed E-state index contributed by atoms with van der Waals surface area (Å²) < 4.78 is 27.3. The first-order chi connectivity index (χ1) is 8.10. The highest BCUT2D eigenvalue weighted by Crippen LogP contribution is 2.41. The summed E-state index contributed by atoms with van der Waals surface area (Å²) in [5.41, 5.74) is 5.63. The summed E-state index contributed by atoms with van der Waals surface area (Å²) in [7, 11) is 0. The number of hydrogen-bond acceptors (Lipinski definition) is 2. The number of phenolic OH excluding ortho intramolecular Hbond substituents is 1. The zero-order chi connectivity index (χ0) is 12.5. The number of phenols is 1. The Morgan fingerprint density at radius 2 is 1.76 bits per heavy atom. The van der Waals surface area contributed by atoms with Crippen molar-refractivity contribution in [1.82, 2.24) is 0 Å². The van der Waals surface area contributed by atoms with Crippen molar-refractivity contribution in [2.75, 3.05) is 6.54 Å². The minimum absolute atomic E-state index is 0.314. The van der Waals surface area contributed by atoms with Crippen molar-refractivity contribution in [3.8, 4) is 5.75 Å². The fraction of sp³-hybridized carbons (Fsp3) is 0.538. The van der Waals surface area contributed by atoms with Gasteiger partial charge in [-0.2, -0.15) is 4.39 Å². The second kappa shape index (κ2) is 4.61. The van der Waals surface area contributed by atoms with E-state index in [1.807, 2.05) is 0 Å². The van der Waals surface area contributed by atoms with Crippen LogP contribution in [0, 0.1) is 11.6 Å². The number of nitrogens with two attached hydrogens (primary N) is 1. The quantitative estimate of drug-likeness (QED) is 0.836. The van der Waals surface area contributed by atoms with Gasteiger partial charge in [0.05, 0.1) is 0 Å². The van der Waals surface area contributed by atoms with Crippen LogP contribution >= 0.6 is 0 Å². The second-order valence-corrected chi connectivity index (χ2v) is 4.81. The number of rotatable bonds is 2. The van der Waals surface area contributed by atoms with Crippen molar-refractivity contribution in [3.05, 3.63) is 29.3 Å². The summed E-state index contributed by atoms with van der Waals surface area (Å²) in [5, 5.41) is 9.13. The molecule has 0 amide bonds. The molecule has 0 aliphatic heterocycles. The van der Waals surface area contributed by atoms with Crippen molar-refractivity contribution in [2.45, 2.75) is 37.5 Å². The third kappa shape index (κ3) is 2.02. The Morgan fingerprint density at radius 3 is 2.35 bits per heavy atom. The Kier molecular flexibility index (Phi) is 3.33. The topological polar surface area (TPSA) is 46.2 Å². The largest absolute Gasteiger partial charge is 0.505 e. The second-order valence-electron chi connectivity index (χ2n) is 4.81. The maximum Gasteiger partial charge on any atom is 0.200 e. The van der Waals surface area contributed by atoms with Crippen LogP contribution in [-0.4, -0.2) is 11.7 Å². The van der Waals surface area contributed by atoms with E-state index in [1.165, 1.54) is 12.1 Å². The molecule has 1 aliphatic rings. The number of benzene rings is 1. The Balaban J connectivity index is 2.47. The molecule has 0 atom stereocenters. The molecular formula is C13H17F2NO. The Bertz CT molecular complexity index is 414. The van der Waals surface area contributed by atoms with Crippen LogP contribution in [0.1, 0.15) is 37.7 Å². The highest BCUT2D eigenvalue weighted by Gasteiger charge is 2.36. The molecule has 17 heavy (non-hydrogen) atoms. The lowest BCUT2D eigenvalue weighted by molar-refractivity contribution is 0.286. The van der Waals surface area contributed by atoms with Gasteiger partial charge in [-0.3, -0.25) is 0 Å². The zero-order valence-corrected chi connectivity index (χ0v) is 9.68. The molecular weight excluding hydrogens is 224 g/mol. The molecule has 0 saturated heterocycles. The van der Waals surface area contributed by atoms with E-state index in [0.717, 1.165) is 32.1 Å². The van der Waals surface area contributed by atoms with Gasteiger partial charge >= 0.3 is 0 Å². The van der Waals surface area contributed by atoms with Crippen LogP contribution in [0.3, 0.4) is 0 Å². The van der Waals surface area contributed by atoms with E-state index in [4.69, 9.17) is 10.8 Å². The third-order valence-corrected chi connectivity index (χ3v) is 3.83. The number of halogens is 2. The normalized spacial score (nSPS) is 19.2. The van der Waals surface area contributed by atoms with Gasteiger partial charge in [-0.15, -0.1) is 0 Å². The van der Waals surface area contributed by atoms with E-state index in [-0.39, 0.29) is 0 Å². The van der Waals surface area contributed by atoms with Gasteiger partial charge in [0.15, 0.2) is 11.6 Å². The van der Waals surface area contributed by atoms with E-state index in [9.17, 15) is 8.78 Å². The Labute approximate surface area is 99.4 Å². The minimum Gasteiger partial charge on any atom is -0.505 e. The molecule has 0 unspecified atom stereocenters. The Morgan fingerprint density at radius 1 is 1.12 bits per heavy atom. The molecule has 0 heterocycles. The molecule has 2 rings (SSSR count). The lowest BCUT2D eigenvalue weighted by Crippen LogP contribution is -2.38. The molecule has 0 bridgehead atoms. The van der Waals surface area contributed by atoms with Gasteiger partial charge in [-0.1, -0.05) is 25.3 Å². The fourth-order valence-corrected chi connectivity index (χ4v) is 2.76. The van der Waals surface area contributed by atoms with Crippen LogP contribution in [0.4, 0.5) is 8.78 Å². The van der Waals surface area contributed by atoms with E-state index in [1.54, 1.807) is 0 Å². The molecule has 1 fully saturated rings. The highest BCUT2D eigenvalue weighted by molar-refractivity contribution is 5.35. The van der Waals surface area contributed by atoms with Gasteiger partial charge in [0.2, 0.25) is 5.82 Å². The molecule has 0 spiro atoms. The van der Waals surface area contributed by atoms with Gasteiger partial charge in [0, 0.05) is 12.0 Å². The molecule has 94 valence electrons. The van der Waals surface area contributed by atoms with Gasteiger partial charge in [-0.25, -0.2) is 4.39 Å². The van der Waals surface area contributed by atoms with Crippen LogP contribution < -0.4 is 5.73 Å². The first-order valence-electron chi connectivity index (χ1n) is 5.98. The molecule has 4 heteroatoms. The van der Waals surface area contributed by atoms with E-state index < -0.39 is 22.8 Å². The first kappa shape index (κ1) is 12.3. The molecule has 2 nitrogen and oxygen atoms in total. The van der Waals surface area contributed by atoms with E-state index >= 15 is 0 Å². The Hall–Kier alpha value is -1.16. The number of aromatic hydroxyl groups is 1. The van der Waals surface area contributed by atoms with Crippen molar-refractivity contribution >= 4 is 0 Å². The van der Waals surface area contributed by atoms with Gasteiger partial charge in [0.25, 0.3) is 0 Å². The molecule has 1 saturated carbocycles. The summed E-state index contributed by atoms with van der Waals surface area (Å²) in [5.74, 6) is -2.76. The molecule has 1 aliphatic carbocycles. The van der Waals surface area contributed by atoms with Gasteiger partial charge < -0.3 is 10.8 Å².